The second-order valence-electron chi connectivity index (χ2n) is 6.11. The number of guanidine groups is 1. The van der Waals surface area contributed by atoms with E-state index in [9.17, 15) is 4.79 Å². The van der Waals surface area contributed by atoms with Crippen LogP contribution in [0, 0.1) is 0 Å². The number of aliphatic imine (C=N–C) groups is 1. The van der Waals surface area contributed by atoms with E-state index in [1.54, 1.807) is 11.3 Å². The maximum Gasteiger partial charge on any atom is 0.407 e. The summed E-state index contributed by atoms with van der Waals surface area (Å²) < 4.78 is 6.29. The van der Waals surface area contributed by atoms with Crippen molar-refractivity contribution in [3.05, 3.63) is 20.8 Å². The van der Waals surface area contributed by atoms with Gasteiger partial charge in [-0.3, -0.25) is 0 Å². The van der Waals surface area contributed by atoms with E-state index >= 15 is 0 Å². The Morgan fingerprint density at radius 2 is 1.92 bits per heavy atom. The first-order valence-corrected chi connectivity index (χ1v) is 9.64. The zero-order chi connectivity index (χ0) is 18.0. The second kappa shape index (κ2) is 12.7. The Hall–Kier alpha value is -0.550. The lowest BCUT2D eigenvalue weighted by molar-refractivity contribution is 0.0527. The third-order valence-electron chi connectivity index (χ3n) is 2.68. The van der Waals surface area contributed by atoms with Crippen molar-refractivity contribution in [1.29, 1.82) is 0 Å². The lowest BCUT2D eigenvalue weighted by Crippen LogP contribution is -2.39. The van der Waals surface area contributed by atoms with Gasteiger partial charge < -0.3 is 20.7 Å². The summed E-state index contributed by atoms with van der Waals surface area (Å²) in [5.41, 5.74) is -0.468. The smallest absolute Gasteiger partial charge is 0.407 e. The molecule has 0 aliphatic rings. The molecule has 1 aromatic heterocycles. The molecule has 1 aromatic rings. The van der Waals surface area contributed by atoms with Gasteiger partial charge in [0.2, 0.25) is 0 Å². The fraction of sp³-hybridized carbons (Fsp3) is 0.625. The molecule has 0 fully saturated rings. The Morgan fingerprint density at radius 3 is 2.48 bits per heavy atom. The quantitative estimate of drug-likeness (QED) is 0.208. The van der Waals surface area contributed by atoms with E-state index in [1.165, 1.54) is 4.88 Å². The lowest BCUT2D eigenvalue weighted by atomic mass is 10.2. The van der Waals surface area contributed by atoms with Gasteiger partial charge in [-0.05, 0) is 62.2 Å². The summed E-state index contributed by atoms with van der Waals surface area (Å²) in [5.74, 6) is 0.777. The number of ether oxygens (including phenoxy) is 1. The molecule has 25 heavy (non-hydrogen) atoms. The molecule has 3 N–H and O–H groups in total. The van der Waals surface area contributed by atoms with Gasteiger partial charge in [0.1, 0.15) is 5.60 Å². The summed E-state index contributed by atoms with van der Waals surface area (Å²) in [6.45, 7) is 10.3. The molecule has 9 heteroatoms. The van der Waals surface area contributed by atoms with Crippen molar-refractivity contribution in [2.75, 3.05) is 19.6 Å². The summed E-state index contributed by atoms with van der Waals surface area (Å²) in [7, 11) is 0. The van der Waals surface area contributed by atoms with Crippen LogP contribution in [0.1, 0.15) is 39.0 Å². The van der Waals surface area contributed by atoms with Crippen LogP contribution in [0.4, 0.5) is 4.79 Å². The number of carbonyl (C=O) groups is 1. The first-order valence-electron chi connectivity index (χ1n) is 8.03. The predicted molar refractivity (Wildman–Crippen MR) is 119 cm³/mol. The van der Waals surface area contributed by atoms with Crippen LogP contribution in [0.25, 0.3) is 0 Å². The van der Waals surface area contributed by atoms with Gasteiger partial charge in [0.05, 0.1) is 10.3 Å². The highest BCUT2D eigenvalue weighted by molar-refractivity contribution is 14.0. The first kappa shape index (κ1) is 24.5. The van der Waals surface area contributed by atoms with Crippen molar-refractivity contribution in [1.82, 2.24) is 16.0 Å². The summed E-state index contributed by atoms with van der Waals surface area (Å²) in [6.07, 6.45) is 0.403. The van der Waals surface area contributed by atoms with Gasteiger partial charge in [-0.1, -0.05) is 0 Å². The van der Waals surface area contributed by atoms with Gasteiger partial charge in [-0.2, -0.15) is 0 Å². The Labute approximate surface area is 179 Å². The van der Waals surface area contributed by atoms with Crippen molar-refractivity contribution in [2.24, 2.45) is 4.99 Å². The van der Waals surface area contributed by atoms with Gasteiger partial charge in [-0.15, -0.1) is 35.3 Å². The van der Waals surface area contributed by atoms with Crippen LogP contribution >= 0.6 is 51.2 Å². The van der Waals surface area contributed by atoms with Crippen LogP contribution in [0.2, 0.25) is 0 Å². The topological polar surface area (TPSA) is 74.8 Å². The molecule has 1 heterocycles. The van der Waals surface area contributed by atoms with E-state index in [0.29, 0.717) is 13.1 Å². The highest BCUT2D eigenvalue weighted by Crippen LogP contribution is 2.22. The molecule has 1 rings (SSSR count). The van der Waals surface area contributed by atoms with Crippen LogP contribution in [0.15, 0.2) is 20.9 Å². The van der Waals surface area contributed by atoms with Crippen LogP contribution < -0.4 is 16.0 Å². The molecule has 0 unspecified atom stereocenters. The number of hydrogen-bond donors (Lipinski definition) is 3. The number of halogens is 2. The molecule has 0 bridgehead atoms. The third kappa shape index (κ3) is 12.4. The van der Waals surface area contributed by atoms with Crippen molar-refractivity contribution in [2.45, 2.75) is 46.3 Å². The summed E-state index contributed by atoms with van der Waals surface area (Å²) in [5, 5.41) is 9.21. The van der Waals surface area contributed by atoms with Gasteiger partial charge in [-0.25, -0.2) is 9.79 Å². The van der Waals surface area contributed by atoms with E-state index in [0.717, 1.165) is 29.3 Å². The molecule has 0 atom stereocenters. The minimum absolute atomic E-state index is 0. The molecule has 0 aliphatic carbocycles. The van der Waals surface area contributed by atoms with E-state index in [2.05, 4.69) is 42.9 Å². The molecule has 0 aromatic carbocycles. The maximum absolute atomic E-state index is 11.5. The Bertz CT molecular complexity index is 546. The molecular formula is C16H28BrIN4O2S. The SMILES string of the molecule is CCNC(=NCc1ccc(Br)s1)NCCCNC(=O)OC(C)(C)C.I. The van der Waals surface area contributed by atoms with Crippen molar-refractivity contribution in [3.8, 4) is 0 Å². The number of amides is 1. The molecule has 1 amide bonds. The fourth-order valence-electron chi connectivity index (χ4n) is 1.74. The lowest BCUT2D eigenvalue weighted by Gasteiger charge is -2.19. The number of thiophene rings is 1. The van der Waals surface area contributed by atoms with E-state index in [1.807, 2.05) is 33.8 Å². The molecule has 144 valence electrons. The van der Waals surface area contributed by atoms with Crippen LogP contribution in [0.3, 0.4) is 0 Å². The minimum atomic E-state index is -0.468. The monoisotopic (exact) mass is 546 g/mol. The molecular weight excluding hydrogens is 519 g/mol. The summed E-state index contributed by atoms with van der Waals surface area (Å²) >= 11 is 5.13. The van der Waals surface area contributed by atoms with Crippen molar-refractivity contribution in [3.63, 3.8) is 0 Å². The van der Waals surface area contributed by atoms with Crippen molar-refractivity contribution >= 4 is 63.3 Å². The molecule has 0 aliphatic heterocycles. The predicted octanol–water partition coefficient (Wildman–Crippen LogP) is 4.10. The van der Waals surface area contributed by atoms with E-state index in [4.69, 9.17) is 4.74 Å². The summed E-state index contributed by atoms with van der Waals surface area (Å²) in [6, 6.07) is 4.09. The number of nitrogens with one attached hydrogen (secondary N) is 3. The third-order valence-corrected chi connectivity index (χ3v) is 4.29. The van der Waals surface area contributed by atoms with Crippen molar-refractivity contribution < 1.29 is 9.53 Å². The molecule has 0 saturated carbocycles. The van der Waals surface area contributed by atoms with Crippen LogP contribution in [-0.2, 0) is 11.3 Å². The van der Waals surface area contributed by atoms with E-state index in [-0.39, 0.29) is 30.1 Å². The standard InChI is InChI=1S/C16H27BrN4O2S.HI/c1-5-18-14(21-11-12-7-8-13(17)24-12)19-9-6-10-20-15(22)23-16(2,3)4;/h7-8H,5-6,9-11H2,1-4H3,(H,20,22)(H2,18,19,21);1H. The zero-order valence-electron chi connectivity index (χ0n) is 15.1. The Balaban J connectivity index is 0.00000576. The Morgan fingerprint density at radius 1 is 1.24 bits per heavy atom. The molecule has 0 saturated heterocycles. The zero-order valence-corrected chi connectivity index (χ0v) is 19.9. The fourth-order valence-corrected chi connectivity index (χ4v) is 3.14. The number of nitrogens with zero attached hydrogens (tertiary/aromatic N) is 1. The average Bonchev–Trinajstić information content (AvgIpc) is 2.88. The highest BCUT2D eigenvalue weighted by Gasteiger charge is 2.15. The van der Waals surface area contributed by atoms with Gasteiger partial charge in [0.15, 0.2) is 5.96 Å². The van der Waals surface area contributed by atoms with E-state index < -0.39 is 5.60 Å². The largest absolute Gasteiger partial charge is 0.444 e. The molecule has 6 nitrogen and oxygen atoms in total. The first-order chi connectivity index (χ1) is 11.3. The summed E-state index contributed by atoms with van der Waals surface area (Å²) in [4.78, 5) is 17.3. The second-order valence-corrected chi connectivity index (χ2v) is 8.66. The number of hydrogen-bond acceptors (Lipinski definition) is 4. The minimum Gasteiger partial charge on any atom is -0.444 e. The Kier molecular flexibility index (Phi) is 12.5. The molecule has 0 spiro atoms. The van der Waals surface area contributed by atoms with Crippen LogP contribution in [-0.4, -0.2) is 37.3 Å². The van der Waals surface area contributed by atoms with Gasteiger partial charge in [0.25, 0.3) is 0 Å². The van der Waals surface area contributed by atoms with Gasteiger partial charge in [0, 0.05) is 24.5 Å². The number of carbonyl (C=O) groups excluding carboxylic acids is 1. The normalized spacial score (nSPS) is 11.5. The van der Waals surface area contributed by atoms with Crippen LogP contribution in [0.5, 0.6) is 0 Å². The molecule has 0 radical (unpaired) electrons. The average molecular weight is 547 g/mol. The maximum atomic E-state index is 11.5. The van der Waals surface area contributed by atoms with Gasteiger partial charge >= 0.3 is 6.09 Å². The number of rotatable bonds is 7. The number of alkyl carbamates (subject to hydrolysis) is 1. The highest BCUT2D eigenvalue weighted by atomic mass is 127.